The molecular weight excluding hydrogens is 636 g/mol. The first-order valence-corrected chi connectivity index (χ1v) is 15.2. The van der Waals surface area contributed by atoms with E-state index in [1.54, 1.807) is 6.07 Å². The molecule has 6 N–H and O–H groups in total. The molecule has 0 bridgehead atoms. The van der Waals surface area contributed by atoms with Crippen LogP contribution in [0.15, 0.2) is 89.8 Å². The van der Waals surface area contributed by atoms with E-state index in [0.717, 1.165) is 28.6 Å². The molecule has 47 heavy (non-hydrogen) atoms. The van der Waals surface area contributed by atoms with Gasteiger partial charge in [0.1, 0.15) is 34.7 Å². The van der Waals surface area contributed by atoms with Gasteiger partial charge in [0, 0.05) is 12.1 Å². The smallest absolute Gasteiger partial charge is 0.338 e. The molecule has 1 aliphatic heterocycles. The lowest BCUT2D eigenvalue weighted by atomic mass is 9.95. The molecule has 0 radical (unpaired) electrons. The molecular formula is C32H26N2O12S. The number of aromatic hydroxyl groups is 4. The Labute approximate surface area is 266 Å². The Morgan fingerprint density at radius 3 is 2.00 bits per heavy atom. The molecule has 0 aliphatic carbocycles. The van der Waals surface area contributed by atoms with Gasteiger partial charge in [-0.1, -0.05) is 24.3 Å². The summed E-state index contributed by atoms with van der Waals surface area (Å²) in [6, 6.07) is 16.4. The summed E-state index contributed by atoms with van der Waals surface area (Å²) >= 11 is 0. The topological polar surface area (TPSA) is 228 Å². The predicted molar refractivity (Wildman–Crippen MR) is 162 cm³/mol. The number of ether oxygens (including phenoxy) is 1. The maximum absolute atomic E-state index is 13.4. The Balaban J connectivity index is 1.42. The zero-order valence-corrected chi connectivity index (χ0v) is 24.9. The number of esters is 1. The molecule has 242 valence electrons. The number of aromatic carboxylic acids is 1. The minimum absolute atomic E-state index is 0.0406. The largest absolute Gasteiger partial charge is 0.508 e. The first-order chi connectivity index (χ1) is 22.3. The molecule has 4 aromatic carbocycles. The Bertz CT molecular complexity index is 1970. The van der Waals surface area contributed by atoms with E-state index in [0.29, 0.717) is 0 Å². The van der Waals surface area contributed by atoms with Crippen molar-refractivity contribution in [2.75, 3.05) is 13.1 Å². The number of hydrogen-bond donors (Lipinski definition) is 6. The zero-order chi connectivity index (χ0) is 34.0. The lowest BCUT2D eigenvalue weighted by Crippen LogP contribution is -2.44. The number of ketones is 1. The highest BCUT2D eigenvalue weighted by Crippen LogP contribution is 2.35. The van der Waals surface area contributed by atoms with Gasteiger partial charge in [0.25, 0.3) is 5.91 Å². The monoisotopic (exact) mass is 662 g/mol. The number of carboxylic acid groups (broad SMARTS) is 1. The van der Waals surface area contributed by atoms with Gasteiger partial charge in [-0.2, -0.15) is 4.31 Å². The van der Waals surface area contributed by atoms with Gasteiger partial charge >= 0.3 is 11.9 Å². The van der Waals surface area contributed by atoms with Gasteiger partial charge in [-0.3, -0.25) is 9.59 Å². The summed E-state index contributed by atoms with van der Waals surface area (Å²) in [7, 11) is -4.10. The van der Waals surface area contributed by atoms with Crippen molar-refractivity contribution < 1.29 is 57.9 Å². The first-order valence-electron chi connectivity index (χ1n) is 13.8. The standard InChI is InChI=1S/C32H26N2O12S/c35-19-11-9-17(10-12-19)30(40)33-22-15-34(47(44,45)20-5-2-1-3-6-20)16-26(22)46-32(43)18-13-24(37)28(25(38)14-18)29(39)27-21(31(41)42)7-4-8-23(27)36/h1-14,22,26,35-38H,15-16H2,(H,33,40)(H,41,42)/t22-,26-/m0/s1. The van der Waals surface area contributed by atoms with Crippen LogP contribution in [0.3, 0.4) is 0 Å². The van der Waals surface area contributed by atoms with Crippen LogP contribution in [0.2, 0.25) is 0 Å². The number of hydrogen-bond acceptors (Lipinski definition) is 11. The van der Waals surface area contributed by atoms with Crippen LogP contribution in [-0.4, -0.2) is 87.1 Å². The molecule has 1 fully saturated rings. The average Bonchev–Trinajstić information content (AvgIpc) is 3.43. The van der Waals surface area contributed by atoms with Crippen LogP contribution >= 0.6 is 0 Å². The highest BCUT2D eigenvalue weighted by Gasteiger charge is 2.42. The highest BCUT2D eigenvalue weighted by molar-refractivity contribution is 7.89. The molecule has 0 saturated carbocycles. The van der Waals surface area contributed by atoms with E-state index in [4.69, 9.17) is 4.74 Å². The lowest BCUT2D eigenvalue weighted by molar-refractivity contribution is 0.0275. The van der Waals surface area contributed by atoms with E-state index >= 15 is 0 Å². The number of nitrogens with zero attached hydrogens (tertiary/aromatic N) is 1. The Hall–Kier alpha value is -5.93. The fourth-order valence-corrected chi connectivity index (χ4v) is 6.55. The molecule has 5 rings (SSSR count). The summed E-state index contributed by atoms with van der Waals surface area (Å²) in [5, 5.41) is 53.1. The summed E-state index contributed by atoms with van der Waals surface area (Å²) < 4.78 is 33.3. The molecule has 1 aliphatic rings. The molecule has 4 aromatic rings. The Morgan fingerprint density at radius 1 is 0.745 bits per heavy atom. The molecule has 1 amide bonds. The number of rotatable bonds is 9. The van der Waals surface area contributed by atoms with Gasteiger partial charge in [0.2, 0.25) is 15.8 Å². The van der Waals surface area contributed by atoms with Gasteiger partial charge in [-0.05, 0) is 60.7 Å². The highest BCUT2D eigenvalue weighted by atomic mass is 32.2. The molecule has 1 saturated heterocycles. The second-order valence-electron chi connectivity index (χ2n) is 10.4. The summed E-state index contributed by atoms with van der Waals surface area (Å²) in [6.45, 7) is -0.682. The van der Waals surface area contributed by atoms with Gasteiger partial charge in [-0.25, -0.2) is 18.0 Å². The van der Waals surface area contributed by atoms with Crippen LogP contribution in [0.5, 0.6) is 23.0 Å². The van der Waals surface area contributed by atoms with Crippen LogP contribution in [0.4, 0.5) is 0 Å². The second-order valence-corrected chi connectivity index (χ2v) is 12.4. The third-order valence-corrected chi connectivity index (χ3v) is 9.22. The van der Waals surface area contributed by atoms with Crippen LogP contribution in [0.25, 0.3) is 0 Å². The van der Waals surface area contributed by atoms with Crippen molar-refractivity contribution in [3.05, 3.63) is 113 Å². The minimum atomic E-state index is -4.10. The molecule has 0 unspecified atom stereocenters. The van der Waals surface area contributed by atoms with Crippen LogP contribution < -0.4 is 5.32 Å². The van der Waals surface area contributed by atoms with Crippen LogP contribution in [0, 0.1) is 0 Å². The molecule has 15 heteroatoms. The van der Waals surface area contributed by atoms with Gasteiger partial charge in [0.15, 0.2) is 0 Å². The van der Waals surface area contributed by atoms with E-state index in [1.807, 2.05) is 0 Å². The van der Waals surface area contributed by atoms with Crippen molar-refractivity contribution in [3.8, 4) is 23.0 Å². The fourth-order valence-electron chi connectivity index (χ4n) is 5.05. The van der Waals surface area contributed by atoms with Crippen molar-refractivity contribution in [2.24, 2.45) is 0 Å². The number of carbonyl (C=O) groups is 4. The number of nitrogens with one attached hydrogen (secondary N) is 1. The summed E-state index contributed by atoms with van der Waals surface area (Å²) in [4.78, 5) is 51.0. The quantitative estimate of drug-likeness (QED) is 0.112. The van der Waals surface area contributed by atoms with Crippen molar-refractivity contribution in [1.82, 2.24) is 9.62 Å². The zero-order valence-electron chi connectivity index (χ0n) is 24.1. The van der Waals surface area contributed by atoms with E-state index < -0.39 is 85.3 Å². The predicted octanol–water partition coefficient (Wildman–Crippen LogP) is 2.47. The maximum atomic E-state index is 13.4. The van der Waals surface area contributed by atoms with E-state index in [2.05, 4.69) is 5.32 Å². The summed E-state index contributed by atoms with van der Waals surface area (Å²) in [5.41, 5.74) is -2.46. The van der Waals surface area contributed by atoms with Crippen molar-refractivity contribution in [2.45, 2.75) is 17.0 Å². The maximum Gasteiger partial charge on any atom is 0.338 e. The Morgan fingerprint density at radius 2 is 1.38 bits per heavy atom. The van der Waals surface area contributed by atoms with Gasteiger partial charge < -0.3 is 35.6 Å². The van der Waals surface area contributed by atoms with Crippen LogP contribution in [-0.2, 0) is 14.8 Å². The number of phenolic OH excluding ortho intramolecular Hbond substituents is 4. The third-order valence-electron chi connectivity index (χ3n) is 7.38. The minimum Gasteiger partial charge on any atom is -0.508 e. The number of carboxylic acids is 1. The summed E-state index contributed by atoms with van der Waals surface area (Å²) in [6.07, 6.45) is -1.27. The van der Waals surface area contributed by atoms with Crippen molar-refractivity contribution in [3.63, 3.8) is 0 Å². The number of sulfonamides is 1. The lowest BCUT2D eigenvalue weighted by Gasteiger charge is -2.20. The molecule has 0 spiro atoms. The molecule has 0 aromatic heterocycles. The van der Waals surface area contributed by atoms with E-state index in [1.165, 1.54) is 54.6 Å². The molecule has 2 atom stereocenters. The number of benzene rings is 4. The first kappa shape index (κ1) is 32.5. The third kappa shape index (κ3) is 6.56. The van der Waals surface area contributed by atoms with Gasteiger partial charge in [-0.15, -0.1) is 0 Å². The molecule has 14 nitrogen and oxygen atoms in total. The van der Waals surface area contributed by atoms with Crippen molar-refractivity contribution >= 4 is 33.7 Å². The Kier molecular flexibility index (Phi) is 8.86. The average molecular weight is 663 g/mol. The van der Waals surface area contributed by atoms with E-state index in [9.17, 15) is 53.1 Å². The number of amides is 1. The number of phenols is 4. The normalized spacial score (nSPS) is 16.3. The SMILES string of the molecule is O=C(N[C@H]1CN(S(=O)(=O)c2ccccc2)C[C@@H]1OC(=O)c1cc(O)c(C(=O)c2c(O)cccc2C(=O)O)c(O)c1)c1ccc(O)cc1. The second kappa shape index (κ2) is 12.8. The summed E-state index contributed by atoms with van der Waals surface area (Å²) in [5.74, 6) is -7.34. The van der Waals surface area contributed by atoms with Crippen molar-refractivity contribution in [1.29, 1.82) is 0 Å². The number of carbonyl (C=O) groups excluding carboxylic acids is 3. The molecule has 1 heterocycles. The van der Waals surface area contributed by atoms with Gasteiger partial charge in [0.05, 0.1) is 34.2 Å². The fraction of sp³-hybridized carbons (Fsp3) is 0.125. The van der Waals surface area contributed by atoms with E-state index in [-0.39, 0.29) is 29.3 Å². The van der Waals surface area contributed by atoms with Crippen LogP contribution in [0.1, 0.15) is 47.0 Å².